The van der Waals surface area contributed by atoms with E-state index in [0.717, 1.165) is 18.4 Å². The van der Waals surface area contributed by atoms with Crippen molar-refractivity contribution in [2.75, 3.05) is 13.1 Å². The largest absolute Gasteiger partial charge is 0.354 e. The van der Waals surface area contributed by atoms with Crippen LogP contribution in [0, 0.1) is 6.92 Å². The van der Waals surface area contributed by atoms with Crippen molar-refractivity contribution in [1.82, 2.24) is 10.2 Å². The predicted octanol–water partition coefficient (Wildman–Crippen LogP) is 4.30. The quantitative estimate of drug-likeness (QED) is 0.618. The van der Waals surface area contributed by atoms with E-state index in [1.165, 1.54) is 11.1 Å². The highest BCUT2D eigenvalue weighted by molar-refractivity contribution is 5.87. The van der Waals surface area contributed by atoms with Crippen molar-refractivity contribution in [2.24, 2.45) is 0 Å². The van der Waals surface area contributed by atoms with Crippen LogP contribution in [-0.2, 0) is 22.4 Å². The Morgan fingerprint density at radius 1 is 0.931 bits per heavy atom. The molecule has 4 heteroatoms. The fraction of sp³-hybridized carbons (Fsp3) is 0.440. The average molecular weight is 395 g/mol. The van der Waals surface area contributed by atoms with Crippen LogP contribution >= 0.6 is 0 Å². The van der Waals surface area contributed by atoms with Gasteiger partial charge in [0, 0.05) is 19.5 Å². The summed E-state index contributed by atoms with van der Waals surface area (Å²) in [6.45, 7) is 7.25. The first-order chi connectivity index (χ1) is 14.0. The summed E-state index contributed by atoms with van der Waals surface area (Å²) in [7, 11) is 0. The molecule has 2 rings (SSSR count). The molecule has 0 heterocycles. The van der Waals surface area contributed by atoms with Gasteiger partial charge >= 0.3 is 0 Å². The van der Waals surface area contributed by atoms with E-state index in [2.05, 4.69) is 48.6 Å². The molecule has 156 valence electrons. The minimum absolute atomic E-state index is 0.0417. The van der Waals surface area contributed by atoms with Gasteiger partial charge in [-0.2, -0.15) is 0 Å². The first-order valence-corrected chi connectivity index (χ1v) is 10.7. The maximum absolute atomic E-state index is 13.1. The molecule has 0 saturated heterocycles. The van der Waals surface area contributed by atoms with E-state index in [1.54, 1.807) is 4.90 Å². The van der Waals surface area contributed by atoms with Gasteiger partial charge in [0.1, 0.15) is 6.04 Å². The summed E-state index contributed by atoms with van der Waals surface area (Å²) in [5.41, 5.74) is 3.53. The maximum Gasteiger partial charge on any atom is 0.242 e. The zero-order valence-electron chi connectivity index (χ0n) is 18.0. The number of hydrogen-bond donors (Lipinski definition) is 1. The molecule has 4 nitrogen and oxygen atoms in total. The molecule has 0 aliphatic heterocycles. The normalized spacial score (nSPS) is 11.7. The predicted molar refractivity (Wildman–Crippen MR) is 119 cm³/mol. The highest BCUT2D eigenvalue weighted by Crippen LogP contribution is 2.13. The molecule has 0 aliphatic rings. The van der Waals surface area contributed by atoms with Gasteiger partial charge in [-0.1, -0.05) is 74.0 Å². The van der Waals surface area contributed by atoms with Gasteiger partial charge in [-0.25, -0.2) is 0 Å². The SMILES string of the molecule is CCCNC(=O)C(CC)N(CCc1ccccc1)C(=O)CCc1ccc(C)cc1. The number of carbonyl (C=O) groups is 2. The van der Waals surface area contributed by atoms with Gasteiger partial charge in [-0.15, -0.1) is 0 Å². The third-order valence-electron chi connectivity index (χ3n) is 5.17. The van der Waals surface area contributed by atoms with E-state index < -0.39 is 6.04 Å². The zero-order valence-corrected chi connectivity index (χ0v) is 18.0. The zero-order chi connectivity index (χ0) is 21.1. The highest BCUT2D eigenvalue weighted by atomic mass is 16.2. The van der Waals surface area contributed by atoms with Crippen LogP contribution in [0.15, 0.2) is 54.6 Å². The number of amides is 2. The van der Waals surface area contributed by atoms with Crippen molar-refractivity contribution < 1.29 is 9.59 Å². The molecule has 0 saturated carbocycles. The van der Waals surface area contributed by atoms with E-state index in [0.29, 0.717) is 32.4 Å². The summed E-state index contributed by atoms with van der Waals surface area (Å²) in [6, 6.07) is 18.0. The molecule has 0 radical (unpaired) electrons. The third kappa shape index (κ3) is 7.37. The minimum atomic E-state index is -0.421. The van der Waals surface area contributed by atoms with Crippen molar-refractivity contribution in [3.63, 3.8) is 0 Å². The molecule has 0 fully saturated rings. The second kappa shape index (κ2) is 12.1. The van der Waals surface area contributed by atoms with E-state index in [9.17, 15) is 9.59 Å². The van der Waals surface area contributed by atoms with E-state index in [-0.39, 0.29) is 11.8 Å². The van der Waals surface area contributed by atoms with Gasteiger partial charge in [0.15, 0.2) is 0 Å². The Balaban J connectivity index is 2.09. The van der Waals surface area contributed by atoms with Gasteiger partial charge in [-0.3, -0.25) is 9.59 Å². The van der Waals surface area contributed by atoms with Crippen LogP contribution in [-0.4, -0.2) is 35.8 Å². The summed E-state index contributed by atoms with van der Waals surface area (Å²) in [6.07, 6.45) is 3.34. The van der Waals surface area contributed by atoms with Gasteiger partial charge in [0.25, 0.3) is 0 Å². The number of hydrogen-bond acceptors (Lipinski definition) is 2. The molecule has 2 aromatic rings. The first kappa shape index (κ1) is 22.7. The molecule has 1 N–H and O–H groups in total. The number of aryl methyl sites for hydroxylation is 2. The molecule has 1 unspecified atom stereocenters. The summed E-state index contributed by atoms with van der Waals surface area (Å²) in [5, 5.41) is 2.96. The van der Waals surface area contributed by atoms with Gasteiger partial charge < -0.3 is 10.2 Å². The molecule has 1 atom stereocenters. The molecular weight excluding hydrogens is 360 g/mol. The molecule has 0 bridgehead atoms. The molecule has 0 aromatic heterocycles. The lowest BCUT2D eigenvalue weighted by molar-refractivity contribution is -0.140. The van der Waals surface area contributed by atoms with Gasteiger partial charge in [-0.05, 0) is 43.7 Å². The number of nitrogens with one attached hydrogen (secondary N) is 1. The van der Waals surface area contributed by atoms with Crippen molar-refractivity contribution in [2.45, 2.75) is 58.9 Å². The molecule has 2 aromatic carbocycles. The standard InChI is InChI=1S/C25H34N2O2/c1-4-18-26-25(29)23(5-2)27(19-17-21-9-7-6-8-10-21)24(28)16-15-22-13-11-20(3)12-14-22/h6-14,23H,4-5,15-19H2,1-3H3,(H,26,29). The Morgan fingerprint density at radius 3 is 2.21 bits per heavy atom. The summed E-state index contributed by atoms with van der Waals surface area (Å²) in [4.78, 5) is 27.6. The Bertz CT molecular complexity index is 756. The van der Waals surface area contributed by atoms with Crippen LogP contribution in [0.3, 0.4) is 0 Å². The lowest BCUT2D eigenvalue weighted by Gasteiger charge is -2.30. The summed E-state index contributed by atoms with van der Waals surface area (Å²) in [5.74, 6) is -0.00824. The number of benzene rings is 2. The summed E-state index contributed by atoms with van der Waals surface area (Å²) < 4.78 is 0. The molecular formula is C25H34N2O2. The van der Waals surface area contributed by atoms with E-state index >= 15 is 0 Å². The minimum Gasteiger partial charge on any atom is -0.354 e. The van der Waals surface area contributed by atoms with E-state index in [1.807, 2.05) is 32.0 Å². The third-order valence-corrected chi connectivity index (χ3v) is 5.17. The topological polar surface area (TPSA) is 49.4 Å². The second-order valence-electron chi connectivity index (χ2n) is 7.52. The van der Waals surface area contributed by atoms with Crippen LogP contribution in [0.1, 0.15) is 49.8 Å². The van der Waals surface area contributed by atoms with Crippen molar-refractivity contribution >= 4 is 11.8 Å². The number of rotatable bonds is 11. The lowest BCUT2D eigenvalue weighted by Crippen LogP contribution is -2.50. The lowest BCUT2D eigenvalue weighted by atomic mass is 10.0. The molecule has 2 amide bonds. The van der Waals surface area contributed by atoms with Crippen LogP contribution in [0.4, 0.5) is 0 Å². The van der Waals surface area contributed by atoms with Gasteiger partial charge in [0.05, 0.1) is 0 Å². The van der Waals surface area contributed by atoms with E-state index in [4.69, 9.17) is 0 Å². The first-order valence-electron chi connectivity index (χ1n) is 10.7. The summed E-state index contributed by atoms with van der Waals surface area (Å²) >= 11 is 0. The van der Waals surface area contributed by atoms with Crippen molar-refractivity contribution in [3.8, 4) is 0 Å². The maximum atomic E-state index is 13.1. The highest BCUT2D eigenvalue weighted by Gasteiger charge is 2.27. The second-order valence-corrected chi connectivity index (χ2v) is 7.52. The molecule has 29 heavy (non-hydrogen) atoms. The average Bonchev–Trinajstić information content (AvgIpc) is 2.75. The Morgan fingerprint density at radius 2 is 1.59 bits per heavy atom. The van der Waals surface area contributed by atoms with Crippen LogP contribution in [0.25, 0.3) is 0 Å². The number of nitrogens with zero attached hydrogens (tertiary/aromatic N) is 1. The fourth-order valence-corrected chi connectivity index (χ4v) is 3.41. The Labute approximate surface area is 175 Å². The van der Waals surface area contributed by atoms with Crippen LogP contribution in [0.2, 0.25) is 0 Å². The molecule has 0 aliphatic carbocycles. The van der Waals surface area contributed by atoms with Crippen LogP contribution < -0.4 is 5.32 Å². The monoisotopic (exact) mass is 394 g/mol. The van der Waals surface area contributed by atoms with Crippen molar-refractivity contribution in [3.05, 3.63) is 71.3 Å². The van der Waals surface area contributed by atoms with Gasteiger partial charge in [0.2, 0.25) is 11.8 Å². The fourth-order valence-electron chi connectivity index (χ4n) is 3.41. The number of carbonyl (C=O) groups excluding carboxylic acids is 2. The smallest absolute Gasteiger partial charge is 0.242 e. The molecule has 0 spiro atoms. The van der Waals surface area contributed by atoms with Crippen molar-refractivity contribution in [1.29, 1.82) is 0 Å². The van der Waals surface area contributed by atoms with Crippen LogP contribution in [0.5, 0.6) is 0 Å². The Hall–Kier alpha value is -2.62. The Kier molecular flexibility index (Phi) is 9.42.